The van der Waals surface area contributed by atoms with E-state index in [0.29, 0.717) is 31.1 Å². The van der Waals surface area contributed by atoms with Gasteiger partial charge in [0.15, 0.2) is 0 Å². The molecule has 2 atom stereocenters. The van der Waals surface area contributed by atoms with Crippen LogP contribution in [0.2, 0.25) is 0 Å². The van der Waals surface area contributed by atoms with Gasteiger partial charge in [0, 0.05) is 57.7 Å². The lowest BCUT2D eigenvalue weighted by Gasteiger charge is -2.22. The van der Waals surface area contributed by atoms with Gasteiger partial charge >= 0.3 is 12.2 Å². The Morgan fingerprint density at radius 1 is 1.06 bits per heavy atom. The molecule has 3 aliphatic rings. The summed E-state index contributed by atoms with van der Waals surface area (Å²) >= 11 is 0. The number of alkyl halides is 3. The second-order valence-corrected chi connectivity index (χ2v) is 8.94. The Kier molecular flexibility index (Phi) is 5.16. The van der Waals surface area contributed by atoms with Gasteiger partial charge in [-0.3, -0.25) is 4.90 Å². The van der Waals surface area contributed by atoms with Crippen molar-refractivity contribution in [3.05, 3.63) is 47.8 Å². The standard InChI is InChI=1S/C22H26F3N5O/c23-22(24,25)19-9-26-30(15-19)21(31)29-13-17-11-27(12-18(17)14-29)10-16-4-3-5-20(8-16)28-6-1-2-7-28/h3-5,8-9,15,17-18H,1-2,6-7,10-14H2. The summed E-state index contributed by atoms with van der Waals surface area (Å²) in [4.78, 5) is 19.1. The van der Waals surface area contributed by atoms with Crippen LogP contribution in [0.1, 0.15) is 24.0 Å². The molecular weight excluding hydrogens is 407 g/mol. The molecule has 3 aliphatic heterocycles. The Morgan fingerprint density at radius 2 is 1.77 bits per heavy atom. The van der Waals surface area contributed by atoms with Crippen LogP contribution in [0, 0.1) is 11.8 Å². The smallest absolute Gasteiger partial charge is 0.372 e. The van der Waals surface area contributed by atoms with Gasteiger partial charge in [-0.05, 0) is 42.4 Å². The molecule has 0 radical (unpaired) electrons. The Morgan fingerprint density at radius 3 is 2.42 bits per heavy atom. The van der Waals surface area contributed by atoms with Crippen molar-refractivity contribution in [1.82, 2.24) is 19.6 Å². The van der Waals surface area contributed by atoms with Crippen molar-refractivity contribution in [2.75, 3.05) is 44.2 Å². The number of nitrogens with zero attached hydrogens (tertiary/aromatic N) is 5. The first kappa shape index (κ1) is 20.4. The molecule has 0 saturated carbocycles. The molecule has 5 rings (SSSR count). The zero-order valence-corrected chi connectivity index (χ0v) is 17.3. The average molecular weight is 433 g/mol. The van der Waals surface area contributed by atoms with Crippen LogP contribution in [-0.4, -0.2) is 64.9 Å². The van der Waals surface area contributed by atoms with Crippen molar-refractivity contribution in [1.29, 1.82) is 0 Å². The number of likely N-dealkylation sites (tertiary alicyclic amines) is 2. The number of fused-ring (bicyclic) bond motifs is 1. The minimum absolute atomic E-state index is 0.350. The first-order valence-corrected chi connectivity index (χ1v) is 10.8. The number of carbonyl (C=O) groups excluding carboxylic acids is 1. The number of hydrogen-bond donors (Lipinski definition) is 0. The van der Waals surface area contributed by atoms with E-state index in [-0.39, 0.29) is 0 Å². The fourth-order valence-electron chi connectivity index (χ4n) is 5.18. The molecule has 0 bridgehead atoms. The molecule has 6 nitrogen and oxygen atoms in total. The first-order valence-electron chi connectivity index (χ1n) is 10.8. The van der Waals surface area contributed by atoms with E-state index in [9.17, 15) is 18.0 Å². The fourth-order valence-corrected chi connectivity index (χ4v) is 5.18. The molecule has 3 fully saturated rings. The van der Waals surface area contributed by atoms with Crippen LogP contribution in [-0.2, 0) is 12.7 Å². The number of rotatable bonds is 3. The van der Waals surface area contributed by atoms with Gasteiger partial charge < -0.3 is 9.80 Å². The summed E-state index contributed by atoms with van der Waals surface area (Å²) < 4.78 is 39.1. The monoisotopic (exact) mass is 433 g/mol. The molecule has 1 aromatic heterocycles. The molecule has 9 heteroatoms. The van der Waals surface area contributed by atoms with Crippen molar-refractivity contribution < 1.29 is 18.0 Å². The van der Waals surface area contributed by atoms with Crippen LogP contribution in [0.15, 0.2) is 36.7 Å². The summed E-state index contributed by atoms with van der Waals surface area (Å²) in [7, 11) is 0. The van der Waals surface area contributed by atoms with Crippen molar-refractivity contribution in [3.8, 4) is 0 Å². The van der Waals surface area contributed by atoms with E-state index in [1.54, 1.807) is 4.90 Å². The van der Waals surface area contributed by atoms with E-state index in [1.165, 1.54) is 24.1 Å². The minimum Gasteiger partial charge on any atom is -0.372 e. The third-order valence-electron chi connectivity index (χ3n) is 6.73. The number of anilines is 1. The number of halogens is 3. The zero-order valence-electron chi connectivity index (χ0n) is 17.3. The maximum absolute atomic E-state index is 12.8. The molecule has 1 aromatic carbocycles. The summed E-state index contributed by atoms with van der Waals surface area (Å²) in [5, 5.41) is 3.62. The van der Waals surface area contributed by atoms with Crippen LogP contribution >= 0.6 is 0 Å². The summed E-state index contributed by atoms with van der Waals surface area (Å²) in [5.74, 6) is 0.701. The van der Waals surface area contributed by atoms with Crippen LogP contribution in [0.3, 0.4) is 0 Å². The van der Waals surface area contributed by atoms with Crippen molar-refractivity contribution >= 4 is 11.7 Å². The highest BCUT2D eigenvalue weighted by Crippen LogP contribution is 2.33. The molecule has 4 heterocycles. The molecule has 0 aliphatic carbocycles. The van der Waals surface area contributed by atoms with E-state index >= 15 is 0 Å². The predicted octanol–water partition coefficient (Wildman–Crippen LogP) is 3.53. The highest BCUT2D eigenvalue weighted by Gasteiger charge is 2.42. The molecule has 166 valence electrons. The summed E-state index contributed by atoms with van der Waals surface area (Å²) in [5.41, 5.74) is 1.69. The number of aromatic nitrogens is 2. The van der Waals surface area contributed by atoms with E-state index < -0.39 is 17.8 Å². The molecule has 2 unspecified atom stereocenters. The SMILES string of the molecule is O=C(N1CC2CN(Cc3cccc(N4CCCC4)c3)CC2C1)n1cc(C(F)(F)F)cn1. The lowest BCUT2D eigenvalue weighted by Crippen LogP contribution is -2.36. The second-order valence-electron chi connectivity index (χ2n) is 8.94. The van der Waals surface area contributed by atoms with Gasteiger partial charge in [-0.2, -0.15) is 23.0 Å². The third kappa shape index (κ3) is 4.15. The van der Waals surface area contributed by atoms with Crippen LogP contribution < -0.4 is 4.90 Å². The number of benzene rings is 1. The molecule has 1 amide bonds. The van der Waals surface area contributed by atoms with E-state index in [0.717, 1.165) is 43.6 Å². The molecule has 2 aromatic rings. The molecule has 0 spiro atoms. The van der Waals surface area contributed by atoms with E-state index in [2.05, 4.69) is 39.2 Å². The molecule has 0 N–H and O–H groups in total. The van der Waals surface area contributed by atoms with Gasteiger partial charge in [0.25, 0.3) is 0 Å². The fraction of sp³-hybridized carbons (Fsp3) is 0.545. The van der Waals surface area contributed by atoms with Gasteiger partial charge in [0.1, 0.15) is 0 Å². The second kappa shape index (κ2) is 7.85. The average Bonchev–Trinajstić information content (AvgIpc) is 3.49. The van der Waals surface area contributed by atoms with Gasteiger partial charge in [0.05, 0.1) is 11.8 Å². The normalized spacial score (nSPS) is 24.2. The van der Waals surface area contributed by atoms with Crippen LogP contribution in [0.4, 0.5) is 23.7 Å². The van der Waals surface area contributed by atoms with Crippen molar-refractivity contribution in [3.63, 3.8) is 0 Å². The van der Waals surface area contributed by atoms with Gasteiger partial charge in [0.2, 0.25) is 0 Å². The van der Waals surface area contributed by atoms with Crippen molar-refractivity contribution in [2.45, 2.75) is 25.6 Å². The zero-order chi connectivity index (χ0) is 21.6. The Balaban J connectivity index is 1.17. The lowest BCUT2D eigenvalue weighted by molar-refractivity contribution is -0.137. The highest BCUT2D eigenvalue weighted by molar-refractivity contribution is 5.76. The lowest BCUT2D eigenvalue weighted by atomic mass is 10.0. The van der Waals surface area contributed by atoms with E-state index in [4.69, 9.17) is 0 Å². The maximum Gasteiger partial charge on any atom is 0.419 e. The minimum atomic E-state index is -4.49. The topological polar surface area (TPSA) is 44.6 Å². The number of hydrogen-bond acceptors (Lipinski definition) is 4. The Hall–Kier alpha value is -2.55. The van der Waals surface area contributed by atoms with Crippen molar-refractivity contribution in [2.24, 2.45) is 11.8 Å². The predicted molar refractivity (Wildman–Crippen MR) is 110 cm³/mol. The summed E-state index contributed by atoms with van der Waals surface area (Å²) in [6.45, 7) is 6.06. The first-order chi connectivity index (χ1) is 14.9. The Bertz CT molecular complexity index is 939. The van der Waals surface area contributed by atoms with Gasteiger partial charge in [-0.25, -0.2) is 4.79 Å². The third-order valence-corrected chi connectivity index (χ3v) is 6.73. The molecular formula is C22H26F3N5O. The molecule has 31 heavy (non-hydrogen) atoms. The largest absolute Gasteiger partial charge is 0.419 e. The Labute approximate surface area is 179 Å². The highest BCUT2D eigenvalue weighted by atomic mass is 19.4. The van der Waals surface area contributed by atoms with Gasteiger partial charge in [-0.1, -0.05) is 12.1 Å². The summed E-state index contributed by atoms with van der Waals surface area (Å²) in [6.07, 6.45) is -0.508. The summed E-state index contributed by atoms with van der Waals surface area (Å²) in [6, 6.07) is 8.27. The quantitative estimate of drug-likeness (QED) is 0.743. The maximum atomic E-state index is 12.8. The van der Waals surface area contributed by atoms with Gasteiger partial charge in [-0.15, -0.1) is 0 Å². The van der Waals surface area contributed by atoms with Crippen LogP contribution in [0.5, 0.6) is 0 Å². The molecule has 3 saturated heterocycles. The van der Waals surface area contributed by atoms with Crippen LogP contribution in [0.25, 0.3) is 0 Å². The number of amides is 1. The van der Waals surface area contributed by atoms with E-state index in [1.807, 2.05) is 0 Å². The number of carbonyl (C=O) groups is 1.